The Labute approximate surface area is 88.8 Å². The molecule has 0 aromatic rings. The summed E-state index contributed by atoms with van der Waals surface area (Å²) in [6, 6.07) is 1.20. The zero-order valence-corrected chi connectivity index (χ0v) is 10.5. The average molecular weight is 219 g/mol. The normalized spacial score (nSPS) is 11.6. The van der Waals surface area contributed by atoms with Gasteiger partial charge in [0.05, 0.1) is 0 Å². The molecule has 0 heterocycles. The van der Waals surface area contributed by atoms with Gasteiger partial charge in [0.1, 0.15) is 14.7 Å². The van der Waals surface area contributed by atoms with Gasteiger partial charge in [-0.1, -0.05) is 12.6 Å². The lowest BCUT2D eigenvalue weighted by atomic mass is 10.5. The second kappa shape index (κ2) is 9.61. The van der Waals surface area contributed by atoms with Gasteiger partial charge in [0.25, 0.3) is 0 Å². The summed E-state index contributed by atoms with van der Waals surface area (Å²) in [7, 11) is 2.87. The predicted molar refractivity (Wildman–Crippen MR) is 60.8 cm³/mol. The molecule has 0 aliphatic rings. The van der Waals surface area contributed by atoms with Crippen LogP contribution in [0.5, 0.6) is 0 Å². The molecule has 5 heteroatoms. The molecule has 0 aliphatic heterocycles. The van der Waals surface area contributed by atoms with E-state index in [-0.39, 0.29) is 5.91 Å². The van der Waals surface area contributed by atoms with Gasteiger partial charge in [-0.3, -0.25) is 0 Å². The van der Waals surface area contributed by atoms with Crippen LogP contribution in [0.25, 0.3) is 0 Å². The van der Waals surface area contributed by atoms with E-state index in [1.54, 1.807) is 14.2 Å². The first-order chi connectivity index (χ1) is 6.76. The van der Waals surface area contributed by atoms with Crippen LogP contribution in [0.2, 0.25) is 12.6 Å². The summed E-state index contributed by atoms with van der Waals surface area (Å²) in [6.45, 7) is 4.90. The number of ether oxygens (including phenoxy) is 2. The van der Waals surface area contributed by atoms with E-state index in [0.717, 1.165) is 13.1 Å². The van der Waals surface area contributed by atoms with Gasteiger partial charge in [0, 0.05) is 27.3 Å². The summed E-state index contributed by atoms with van der Waals surface area (Å²) >= 11 is 0. The molecule has 0 spiro atoms. The first kappa shape index (κ1) is 14.1. The van der Waals surface area contributed by atoms with Crippen LogP contribution in [0.4, 0.5) is 0 Å². The largest absolute Gasteiger partial charge is 0.360 e. The maximum absolute atomic E-state index is 5.37. The molecule has 0 bridgehead atoms. The minimum Gasteiger partial charge on any atom is -0.360 e. The first-order valence-electron chi connectivity index (χ1n) is 5.05. The monoisotopic (exact) mass is 219 g/mol. The summed E-state index contributed by atoms with van der Waals surface area (Å²) in [5, 5.41) is 3.28. The van der Waals surface area contributed by atoms with Crippen LogP contribution in [0.3, 0.4) is 0 Å². The molecule has 0 rings (SSSR count). The third kappa shape index (κ3) is 6.50. The fourth-order valence-corrected chi connectivity index (χ4v) is 3.11. The van der Waals surface area contributed by atoms with E-state index in [4.69, 9.17) is 15.2 Å². The van der Waals surface area contributed by atoms with Crippen LogP contribution in [0, 0.1) is 0 Å². The highest BCUT2D eigenvalue weighted by atomic mass is 28.3. The number of rotatable bonds is 9. The number of nitrogens with two attached hydrogens (primary N) is 1. The summed E-state index contributed by atoms with van der Waals surface area (Å²) in [4.78, 5) is 0. The fourth-order valence-electron chi connectivity index (χ4n) is 1.34. The molecule has 4 nitrogen and oxygen atoms in total. The minimum atomic E-state index is -0.533. The Morgan fingerprint density at radius 3 is 2.43 bits per heavy atom. The minimum absolute atomic E-state index is 0.0227. The Hall–Kier alpha value is 0.0569. The third-order valence-electron chi connectivity index (χ3n) is 2.08. The van der Waals surface area contributed by atoms with Crippen LogP contribution >= 0.6 is 0 Å². The molecular weight excluding hydrogens is 196 g/mol. The maximum atomic E-state index is 5.37. The molecule has 0 saturated carbocycles. The molecule has 1 radical (unpaired) electrons. The quantitative estimate of drug-likeness (QED) is 0.331. The Morgan fingerprint density at radius 2 is 1.93 bits per heavy atom. The van der Waals surface area contributed by atoms with Crippen molar-refractivity contribution in [3.63, 3.8) is 0 Å². The van der Waals surface area contributed by atoms with Gasteiger partial charge in [-0.2, -0.15) is 0 Å². The molecular formula is C9H23N2O2Si. The highest BCUT2D eigenvalue weighted by Gasteiger charge is 2.16. The molecule has 0 amide bonds. The zero-order chi connectivity index (χ0) is 10.8. The number of hydrogen-bond donors (Lipinski definition) is 2. The highest BCUT2D eigenvalue weighted by Crippen LogP contribution is 2.05. The van der Waals surface area contributed by atoms with Crippen molar-refractivity contribution in [1.82, 2.24) is 5.32 Å². The molecule has 0 atom stereocenters. The summed E-state index contributed by atoms with van der Waals surface area (Å²) in [5.74, 6) is 0.0227. The molecule has 14 heavy (non-hydrogen) atoms. The smallest absolute Gasteiger partial charge is 0.138 e. The number of nitrogens with one attached hydrogen (secondary N) is 1. The van der Waals surface area contributed by atoms with Crippen molar-refractivity contribution in [2.24, 2.45) is 5.73 Å². The van der Waals surface area contributed by atoms with Gasteiger partial charge in [0.2, 0.25) is 0 Å². The molecule has 85 valence electrons. The summed E-state index contributed by atoms with van der Waals surface area (Å²) in [6.07, 6.45) is 1.17. The van der Waals surface area contributed by atoms with E-state index in [0.29, 0.717) is 6.54 Å². The van der Waals surface area contributed by atoms with Gasteiger partial charge in [-0.25, -0.2) is 0 Å². The van der Waals surface area contributed by atoms with Crippen molar-refractivity contribution in [3.05, 3.63) is 0 Å². The van der Waals surface area contributed by atoms with Crippen molar-refractivity contribution >= 4 is 8.80 Å². The molecule has 0 aromatic heterocycles. The predicted octanol–water partition coefficient (Wildman–Crippen LogP) is 0.208. The summed E-state index contributed by atoms with van der Waals surface area (Å²) < 4.78 is 10.4. The van der Waals surface area contributed by atoms with Crippen LogP contribution in [-0.4, -0.2) is 48.6 Å². The third-order valence-corrected chi connectivity index (χ3v) is 4.49. The molecule has 0 fully saturated rings. The fraction of sp³-hybridized carbons (Fsp3) is 1.00. The van der Waals surface area contributed by atoms with E-state index >= 15 is 0 Å². The van der Waals surface area contributed by atoms with Crippen molar-refractivity contribution in [2.45, 2.75) is 24.9 Å². The van der Waals surface area contributed by atoms with E-state index in [9.17, 15) is 0 Å². The van der Waals surface area contributed by atoms with Crippen molar-refractivity contribution < 1.29 is 9.47 Å². The van der Waals surface area contributed by atoms with Gasteiger partial charge in [-0.15, -0.1) is 0 Å². The Morgan fingerprint density at radius 1 is 1.29 bits per heavy atom. The number of methoxy groups -OCH3 is 2. The van der Waals surface area contributed by atoms with Gasteiger partial charge in [0.15, 0.2) is 0 Å². The van der Waals surface area contributed by atoms with Crippen LogP contribution < -0.4 is 11.1 Å². The molecule has 0 aliphatic carbocycles. The van der Waals surface area contributed by atoms with Crippen molar-refractivity contribution in [1.29, 1.82) is 0 Å². The van der Waals surface area contributed by atoms with Gasteiger partial charge >= 0.3 is 0 Å². The Balaban J connectivity index is 3.37. The van der Waals surface area contributed by atoms with Crippen molar-refractivity contribution in [3.8, 4) is 0 Å². The topological polar surface area (TPSA) is 56.5 Å². The van der Waals surface area contributed by atoms with Crippen LogP contribution in [-0.2, 0) is 9.47 Å². The van der Waals surface area contributed by atoms with Gasteiger partial charge in [-0.05, 0) is 13.0 Å². The van der Waals surface area contributed by atoms with E-state index in [1.807, 2.05) is 0 Å². The second-order valence-corrected chi connectivity index (χ2v) is 5.96. The molecule has 3 N–H and O–H groups in total. The average Bonchev–Trinajstić information content (AvgIpc) is 2.19. The SMILES string of the molecule is COC(OC)[Si](C)CCCNCCN. The van der Waals surface area contributed by atoms with Crippen molar-refractivity contribution in [2.75, 3.05) is 33.9 Å². The summed E-state index contributed by atoms with van der Waals surface area (Å²) in [5.41, 5.74) is 5.37. The molecule has 0 unspecified atom stereocenters. The molecule has 0 saturated heterocycles. The zero-order valence-electron chi connectivity index (χ0n) is 9.51. The lowest BCUT2D eigenvalue weighted by Gasteiger charge is -2.19. The standard InChI is InChI=1S/C9H23N2O2Si/c1-12-9(13-2)14(3)8-4-6-11-7-5-10/h9,11H,4-8,10H2,1-3H3. The van der Waals surface area contributed by atoms with Crippen LogP contribution in [0.15, 0.2) is 0 Å². The van der Waals surface area contributed by atoms with E-state index in [1.165, 1.54) is 12.5 Å². The Bertz CT molecular complexity index is 123. The van der Waals surface area contributed by atoms with Gasteiger partial charge < -0.3 is 20.5 Å². The van der Waals surface area contributed by atoms with E-state index < -0.39 is 8.80 Å². The second-order valence-electron chi connectivity index (χ2n) is 3.29. The van der Waals surface area contributed by atoms with E-state index in [2.05, 4.69) is 11.9 Å². The highest BCUT2D eigenvalue weighted by molar-refractivity contribution is 6.58. The lowest BCUT2D eigenvalue weighted by molar-refractivity contribution is -0.0469. The molecule has 0 aromatic carbocycles. The Kier molecular flexibility index (Phi) is 9.64. The van der Waals surface area contributed by atoms with Crippen LogP contribution in [0.1, 0.15) is 6.42 Å². The lowest BCUT2D eigenvalue weighted by Crippen LogP contribution is -2.32. The maximum Gasteiger partial charge on any atom is 0.138 e. The first-order valence-corrected chi connectivity index (χ1v) is 7.33. The number of hydrogen-bond acceptors (Lipinski definition) is 4.